The van der Waals surface area contributed by atoms with Crippen LogP contribution in [-0.4, -0.2) is 36.6 Å². The van der Waals surface area contributed by atoms with Gasteiger partial charge in [-0.15, -0.1) is 0 Å². The molecule has 1 saturated heterocycles. The molecule has 0 aliphatic carbocycles. The molecule has 0 bridgehead atoms. The average molecular weight is 248 g/mol. The van der Waals surface area contributed by atoms with Gasteiger partial charge in [-0.1, -0.05) is 30.3 Å². The highest BCUT2D eigenvalue weighted by atomic mass is 16.5. The molecule has 18 heavy (non-hydrogen) atoms. The van der Waals surface area contributed by atoms with Crippen LogP contribution in [0.2, 0.25) is 0 Å². The van der Waals surface area contributed by atoms with Gasteiger partial charge < -0.3 is 15.4 Å². The second kappa shape index (κ2) is 5.98. The summed E-state index contributed by atoms with van der Waals surface area (Å²) in [7, 11) is 0. The summed E-state index contributed by atoms with van der Waals surface area (Å²) in [4.78, 5) is 14.2. The van der Waals surface area contributed by atoms with Gasteiger partial charge in [0.05, 0.1) is 6.10 Å². The van der Waals surface area contributed by atoms with Crippen molar-refractivity contribution in [3.8, 4) is 0 Å². The summed E-state index contributed by atoms with van der Waals surface area (Å²) in [6, 6.07) is 8.92. The Bertz CT molecular complexity index is 394. The first-order chi connectivity index (χ1) is 8.68. The topological polar surface area (TPSA) is 55.6 Å². The minimum atomic E-state index is -0.573. The van der Waals surface area contributed by atoms with Crippen LogP contribution in [0.5, 0.6) is 0 Å². The fraction of sp³-hybridized carbons (Fsp3) is 0.500. The van der Waals surface area contributed by atoms with E-state index in [1.807, 2.05) is 42.2 Å². The highest BCUT2D eigenvalue weighted by Crippen LogP contribution is 2.15. The summed E-state index contributed by atoms with van der Waals surface area (Å²) in [6.07, 6.45) is 0.955. The fourth-order valence-corrected chi connectivity index (χ4v) is 2.19. The molecule has 4 heteroatoms. The monoisotopic (exact) mass is 248 g/mol. The molecular formula is C14H20N2O2. The van der Waals surface area contributed by atoms with Gasteiger partial charge in [-0.3, -0.25) is 4.79 Å². The molecule has 4 nitrogen and oxygen atoms in total. The van der Waals surface area contributed by atoms with E-state index < -0.39 is 6.04 Å². The van der Waals surface area contributed by atoms with Crippen molar-refractivity contribution >= 4 is 5.91 Å². The van der Waals surface area contributed by atoms with Gasteiger partial charge in [-0.2, -0.15) is 0 Å². The van der Waals surface area contributed by atoms with Crippen molar-refractivity contribution in [2.24, 2.45) is 5.73 Å². The summed E-state index contributed by atoms with van der Waals surface area (Å²) in [5, 5.41) is 0. The maximum Gasteiger partial charge on any atom is 0.244 e. The molecule has 1 fully saturated rings. The van der Waals surface area contributed by atoms with Crippen LogP contribution < -0.4 is 5.73 Å². The lowest BCUT2D eigenvalue weighted by Crippen LogP contribution is -2.41. The van der Waals surface area contributed by atoms with Gasteiger partial charge in [0.15, 0.2) is 0 Å². The predicted octanol–water partition coefficient (Wildman–Crippen LogP) is 1.32. The molecule has 2 unspecified atom stereocenters. The van der Waals surface area contributed by atoms with E-state index in [-0.39, 0.29) is 12.0 Å². The summed E-state index contributed by atoms with van der Waals surface area (Å²) >= 11 is 0. The standard InChI is InChI=1S/C14H20N2O2/c1-11-10-16(8-5-9-18-11)14(17)13(15)12-6-3-2-4-7-12/h2-4,6-7,11,13H,5,8-10,15H2,1H3. The Balaban J connectivity index is 2.06. The van der Waals surface area contributed by atoms with Crippen LogP contribution in [0.3, 0.4) is 0 Å². The summed E-state index contributed by atoms with van der Waals surface area (Å²) in [6.45, 7) is 4.05. The van der Waals surface area contributed by atoms with Crippen molar-refractivity contribution in [3.05, 3.63) is 35.9 Å². The Morgan fingerprint density at radius 3 is 2.89 bits per heavy atom. The van der Waals surface area contributed by atoms with Gasteiger partial charge in [0, 0.05) is 19.7 Å². The third-order valence-corrected chi connectivity index (χ3v) is 3.19. The maximum absolute atomic E-state index is 12.3. The van der Waals surface area contributed by atoms with E-state index in [9.17, 15) is 4.79 Å². The number of hydrogen-bond acceptors (Lipinski definition) is 3. The minimum absolute atomic E-state index is 0.0152. The van der Waals surface area contributed by atoms with Crippen LogP contribution in [0, 0.1) is 0 Å². The zero-order valence-corrected chi connectivity index (χ0v) is 10.7. The van der Waals surface area contributed by atoms with Crippen LogP contribution in [0.4, 0.5) is 0 Å². The van der Waals surface area contributed by atoms with Crippen LogP contribution in [0.15, 0.2) is 30.3 Å². The molecule has 98 valence electrons. The molecule has 2 N–H and O–H groups in total. The molecule has 1 aliphatic rings. The zero-order chi connectivity index (χ0) is 13.0. The molecule has 1 amide bonds. The number of ether oxygens (including phenoxy) is 1. The Labute approximate surface area is 108 Å². The van der Waals surface area contributed by atoms with Gasteiger partial charge in [0.2, 0.25) is 5.91 Å². The van der Waals surface area contributed by atoms with E-state index in [1.54, 1.807) is 0 Å². The van der Waals surface area contributed by atoms with E-state index >= 15 is 0 Å². The van der Waals surface area contributed by atoms with E-state index in [4.69, 9.17) is 10.5 Å². The number of amides is 1. The van der Waals surface area contributed by atoms with Gasteiger partial charge in [-0.05, 0) is 18.9 Å². The molecule has 0 spiro atoms. The molecule has 2 atom stereocenters. The van der Waals surface area contributed by atoms with Crippen molar-refractivity contribution in [1.82, 2.24) is 4.90 Å². The molecule has 0 radical (unpaired) electrons. The minimum Gasteiger partial charge on any atom is -0.377 e. The number of carbonyl (C=O) groups excluding carboxylic acids is 1. The highest BCUT2D eigenvalue weighted by molar-refractivity contribution is 5.83. The Kier molecular flexibility index (Phi) is 4.33. The molecule has 2 rings (SSSR count). The Morgan fingerprint density at radius 2 is 2.17 bits per heavy atom. The predicted molar refractivity (Wildman–Crippen MR) is 70.0 cm³/mol. The van der Waals surface area contributed by atoms with Gasteiger partial charge >= 0.3 is 0 Å². The third kappa shape index (κ3) is 3.09. The molecule has 0 aromatic heterocycles. The number of nitrogens with two attached hydrogens (primary N) is 1. The summed E-state index contributed by atoms with van der Waals surface area (Å²) < 4.78 is 5.53. The second-order valence-electron chi connectivity index (χ2n) is 4.71. The van der Waals surface area contributed by atoms with Crippen molar-refractivity contribution in [1.29, 1.82) is 0 Å². The Morgan fingerprint density at radius 1 is 1.44 bits per heavy atom. The lowest BCUT2D eigenvalue weighted by molar-refractivity contribution is -0.133. The van der Waals surface area contributed by atoms with E-state index in [1.165, 1.54) is 0 Å². The van der Waals surface area contributed by atoms with Crippen molar-refractivity contribution in [2.75, 3.05) is 19.7 Å². The molecule has 1 aliphatic heterocycles. The van der Waals surface area contributed by atoms with Gasteiger partial charge in [-0.25, -0.2) is 0 Å². The number of hydrogen-bond donors (Lipinski definition) is 1. The fourth-order valence-electron chi connectivity index (χ4n) is 2.19. The average Bonchev–Trinajstić information content (AvgIpc) is 2.63. The van der Waals surface area contributed by atoms with Crippen LogP contribution in [0.1, 0.15) is 24.9 Å². The molecule has 0 saturated carbocycles. The largest absolute Gasteiger partial charge is 0.377 e. The Hall–Kier alpha value is -1.39. The number of benzene rings is 1. The smallest absolute Gasteiger partial charge is 0.244 e. The van der Waals surface area contributed by atoms with Gasteiger partial charge in [0.1, 0.15) is 6.04 Å². The molecule has 1 aromatic carbocycles. The van der Waals surface area contributed by atoms with E-state index in [2.05, 4.69) is 0 Å². The summed E-state index contributed by atoms with van der Waals surface area (Å²) in [5.41, 5.74) is 6.90. The first-order valence-corrected chi connectivity index (χ1v) is 6.39. The lowest BCUT2D eigenvalue weighted by Gasteiger charge is -2.25. The van der Waals surface area contributed by atoms with Crippen molar-refractivity contribution < 1.29 is 9.53 Å². The SMILES string of the molecule is CC1CN(C(=O)C(N)c2ccccc2)CCCO1. The van der Waals surface area contributed by atoms with Crippen LogP contribution >= 0.6 is 0 Å². The quantitative estimate of drug-likeness (QED) is 0.859. The van der Waals surface area contributed by atoms with Crippen molar-refractivity contribution in [3.63, 3.8) is 0 Å². The maximum atomic E-state index is 12.3. The van der Waals surface area contributed by atoms with Gasteiger partial charge in [0.25, 0.3) is 0 Å². The first kappa shape index (κ1) is 13.1. The van der Waals surface area contributed by atoms with Crippen LogP contribution in [-0.2, 0) is 9.53 Å². The molecule has 1 heterocycles. The highest BCUT2D eigenvalue weighted by Gasteiger charge is 2.25. The molecule has 1 aromatic rings. The third-order valence-electron chi connectivity index (χ3n) is 3.19. The number of nitrogens with zero attached hydrogens (tertiary/aromatic N) is 1. The van der Waals surface area contributed by atoms with Crippen molar-refractivity contribution in [2.45, 2.75) is 25.5 Å². The number of rotatable bonds is 2. The number of carbonyl (C=O) groups is 1. The van der Waals surface area contributed by atoms with Crippen LogP contribution in [0.25, 0.3) is 0 Å². The first-order valence-electron chi connectivity index (χ1n) is 6.39. The normalized spacial score (nSPS) is 22.3. The summed E-state index contributed by atoms with van der Waals surface area (Å²) in [5.74, 6) is -0.0152. The molecular weight excluding hydrogens is 228 g/mol. The lowest BCUT2D eigenvalue weighted by atomic mass is 10.1. The zero-order valence-electron chi connectivity index (χ0n) is 10.7. The van der Waals surface area contributed by atoms with E-state index in [0.29, 0.717) is 13.2 Å². The van der Waals surface area contributed by atoms with E-state index in [0.717, 1.165) is 18.5 Å². The second-order valence-corrected chi connectivity index (χ2v) is 4.71.